The van der Waals surface area contributed by atoms with Crippen LogP contribution >= 0.6 is 0 Å². The van der Waals surface area contributed by atoms with Gasteiger partial charge in [0.25, 0.3) is 5.91 Å². The third kappa shape index (κ3) is 7.12. The first kappa shape index (κ1) is 30.8. The van der Waals surface area contributed by atoms with Crippen molar-refractivity contribution in [1.29, 1.82) is 0 Å². The molecule has 0 saturated heterocycles. The zero-order valence-corrected chi connectivity index (χ0v) is 25.1. The molecule has 3 amide bonds. The van der Waals surface area contributed by atoms with E-state index in [0.717, 1.165) is 28.6 Å². The molecule has 10 nitrogen and oxygen atoms in total. The second-order valence-electron chi connectivity index (χ2n) is 11.6. The van der Waals surface area contributed by atoms with Gasteiger partial charge in [0.1, 0.15) is 29.3 Å². The quantitative estimate of drug-likeness (QED) is 0.314. The van der Waals surface area contributed by atoms with Crippen LogP contribution in [0.15, 0.2) is 48.7 Å². The Bertz CT molecular complexity index is 1660. The van der Waals surface area contributed by atoms with E-state index in [1.54, 1.807) is 11.6 Å². The molecule has 3 N–H and O–H groups in total. The number of halogens is 2. The molecule has 0 unspecified atom stereocenters. The van der Waals surface area contributed by atoms with Crippen LogP contribution < -0.4 is 10.6 Å². The lowest BCUT2D eigenvalue weighted by atomic mass is 10.0. The van der Waals surface area contributed by atoms with E-state index < -0.39 is 29.6 Å². The number of hydrogen-bond acceptors (Lipinski definition) is 5. The monoisotopic (exact) mass is 605 g/mol. The summed E-state index contributed by atoms with van der Waals surface area (Å²) >= 11 is 0. The van der Waals surface area contributed by atoms with Gasteiger partial charge in [0, 0.05) is 49.1 Å². The molecule has 0 spiro atoms. The predicted molar refractivity (Wildman–Crippen MR) is 161 cm³/mol. The highest BCUT2D eigenvalue weighted by Gasteiger charge is 2.29. The zero-order valence-electron chi connectivity index (χ0n) is 25.1. The number of fused-ring (bicyclic) bond motifs is 2. The fraction of sp³-hybridized carbons (Fsp3) is 0.406. The van der Waals surface area contributed by atoms with Gasteiger partial charge in [0.15, 0.2) is 0 Å². The number of carbonyl (C=O) groups excluding carboxylic acids is 3. The molecular weight excluding hydrogens is 568 g/mol. The van der Waals surface area contributed by atoms with Crippen LogP contribution in [0.4, 0.5) is 8.78 Å². The Morgan fingerprint density at radius 2 is 1.84 bits per heavy atom. The number of aryl methyl sites for hydroxylation is 1. The summed E-state index contributed by atoms with van der Waals surface area (Å²) in [6.07, 6.45) is 2.97. The number of carbonyl (C=O) groups is 3. The molecule has 5 rings (SSSR count). The van der Waals surface area contributed by atoms with E-state index in [2.05, 4.69) is 25.7 Å². The van der Waals surface area contributed by atoms with Crippen LogP contribution in [0.2, 0.25) is 0 Å². The van der Waals surface area contributed by atoms with Crippen LogP contribution in [0.5, 0.6) is 0 Å². The molecule has 3 heterocycles. The van der Waals surface area contributed by atoms with E-state index >= 15 is 0 Å². The van der Waals surface area contributed by atoms with Crippen molar-refractivity contribution in [2.45, 2.75) is 65.1 Å². The standard InChI is InChI=1S/C32H37F2N7O3/c1-19(2)15-27-30-36-20(3)39-41(30)14-13-40(32(44)24-11-10-22(33)17-25(24)34)12-6-9-29(42)37-28(31(43)38-27)16-21-18-35-26-8-5-4-7-23(21)26/h4-5,7-8,10-11,17-19,27-28,35H,6,9,12-16H2,1-3H3,(H,37,42)(H,38,43)/t27-,28+/m0/s1. The Kier molecular flexibility index (Phi) is 9.36. The Hall–Kier alpha value is -4.61. The summed E-state index contributed by atoms with van der Waals surface area (Å²) in [6.45, 7) is 6.32. The van der Waals surface area contributed by atoms with Gasteiger partial charge in [-0.25, -0.2) is 18.4 Å². The second-order valence-corrected chi connectivity index (χ2v) is 11.6. The van der Waals surface area contributed by atoms with Gasteiger partial charge >= 0.3 is 0 Å². The second kappa shape index (κ2) is 13.4. The molecule has 4 aromatic rings. The largest absolute Gasteiger partial charge is 0.361 e. The number of aromatic nitrogens is 4. The van der Waals surface area contributed by atoms with Crippen LogP contribution in [0.1, 0.15) is 66.7 Å². The molecular formula is C32H37F2N7O3. The van der Waals surface area contributed by atoms with E-state index in [4.69, 9.17) is 0 Å². The van der Waals surface area contributed by atoms with Crippen molar-refractivity contribution >= 4 is 28.6 Å². The smallest absolute Gasteiger partial charge is 0.256 e. The van der Waals surface area contributed by atoms with Gasteiger partial charge in [0.05, 0.1) is 18.2 Å². The fourth-order valence-electron chi connectivity index (χ4n) is 5.66. The summed E-state index contributed by atoms with van der Waals surface area (Å²) in [5, 5.41) is 11.5. The van der Waals surface area contributed by atoms with Gasteiger partial charge < -0.3 is 20.5 Å². The summed E-state index contributed by atoms with van der Waals surface area (Å²) in [7, 11) is 0. The molecule has 0 saturated carbocycles. The molecule has 2 aromatic carbocycles. The normalized spacial score (nSPS) is 18.5. The van der Waals surface area contributed by atoms with Crippen molar-refractivity contribution < 1.29 is 23.2 Å². The number of para-hydroxylation sites is 1. The number of amides is 3. The van der Waals surface area contributed by atoms with Crippen molar-refractivity contribution in [3.63, 3.8) is 0 Å². The number of hydrogen-bond donors (Lipinski definition) is 3. The maximum atomic E-state index is 14.6. The Labute approximate surface area is 254 Å². The van der Waals surface area contributed by atoms with E-state index in [-0.39, 0.29) is 62.2 Å². The molecule has 1 aliphatic heterocycles. The molecule has 1 aliphatic rings. The van der Waals surface area contributed by atoms with Gasteiger partial charge in [0.2, 0.25) is 11.8 Å². The summed E-state index contributed by atoms with van der Waals surface area (Å²) in [4.78, 5) is 49.7. The van der Waals surface area contributed by atoms with Gasteiger partial charge in [-0.05, 0) is 49.4 Å². The van der Waals surface area contributed by atoms with E-state index in [1.807, 2.05) is 44.3 Å². The van der Waals surface area contributed by atoms with E-state index in [0.29, 0.717) is 24.1 Å². The van der Waals surface area contributed by atoms with Crippen LogP contribution in [-0.2, 0) is 22.6 Å². The van der Waals surface area contributed by atoms with Crippen LogP contribution in [0.3, 0.4) is 0 Å². The highest BCUT2D eigenvalue weighted by molar-refractivity contribution is 5.94. The maximum absolute atomic E-state index is 14.6. The number of benzene rings is 2. The van der Waals surface area contributed by atoms with E-state index in [9.17, 15) is 23.2 Å². The lowest BCUT2D eigenvalue weighted by Gasteiger charge is -2.27. The predicted octanol–water partition coefficient (Wildman–Crippen LogP) is 4.21. The Balaban J connectivity index is 1.47. The number of rotatable bonds is 5. The number of H-pyrrole nitrogens is 1. The van der Waals surface area contributed by atoms with Crippen molar-refractivity contribution in [2.75, 3.05) is 13.1 Å². The van der Waals surface area contributed by atoms with Crippen molar-refractivity contribution in [3.05, 3.63) is 83.1 Å². The highest BCUT2D eigenvalue weighted by atomic mass is 19.1. The SMILES string of the molecule is Cc1nc2n(n1)CCN(C(=O)c1ccc(F)cc1F)CCCC(=O)N[C@H](Cc1c[nH]c3ccccc13)C(=O)N[C@H]2CC(C)C. The van der Waals surface area contributed by atoms with Gasteiger partial charge in [-0.15, -0.1) is 0 Å². The minimum Gasteiger partial charge on any atom is -0.361 e. The van der Waals surface area contributed by atoms with Gasteiger partial charge in [-0.3, -0.25) is 14.4 Å². The number of nitrogens with one attached hydrogen (secondary N) is 3. The molecule has 2 atom stereocenters. The first-order valence-corrected chi connectivity index (χ1v) is 14.9. The third-order valence-electron chi connectivity index (χ3n) is 7.75. The Morgan fingerprint density at radius 3 is 2.61 bits per heavy atom. The molecule has 0 radical (unpaired) electrons. The van der Waals surface area contributed by atoms with Crippen molar-refractivity contribution in [3.8, 4) is 0 Å². The first-order valence-electron chi connectivity index (χ1n) is 14.9. The minimum atomic E-state index is -0.954. The number of nitrogens with zero attached hydrogens (tertiary/aromatic N) is 4. The zero-order chi connectivity index (χ0) is 31.4. The summed E-state index contributed by atoms with van der Waals surface area (Å²) in [6, 6.07) is 9.21. The van der Waals surface area contributed by atoms with E-state index in [1.165, 1.54) is 4.90 Å². The van der Waals surface area contributed by atoms with Crippen LogP contribution in [0.25, 0.3) is 10.9 Å². The van der Waals surface area contributed by atoms with Crippen molar-refractivity contribution in [1.82, 2.24) is 35.3 Å². The molecule has 0 fully saturated rings. The molecule has 232 valence electrons. The third-order valence-corrected chi connectivity index (χ3v) is 7.75. The number of aromatic amines is 1. The van der Waals surface area contributed by atoms with Crippen LogP contribution in [-0.4, -0.2) is 61.5 Å². The highest BCUT2D eigenvalue weighted by Crippen LogP contribution is 2.23. The molecule has 12 heteroatoms. The first-order chi connectivity index (χ1) is 21.1. The van der Waals surface area contributed by atoms with Crippen LogP contribution in [0, 0.1) is 24.5 Å². The van der Waals surface area contributed by atoms with Gasteiger partial charge in [-0.1, -0.05) is 32.0 Å². The summed E-state index contributed by atoms with van der Waals surface area (Å²) in [5.41, 5.74) is 1.56. The van der Waals surface area contributed by atoms with Crippen molar-refractivity contribution in [2.24, 2.45) is 5.92 Å². The Morgan fingerprint density at radius 1 is 1.05 bits per heavy atom. The summed E-state index contributed by atoms with van der Waals surface area (Å²) in [5.74, 6) is -1.81. The topological polar surface area (TPSA) is 125 Å². The fourth-order valence-corrected chi connectivity index (χ4v) is 5.66. The maximum Gasteiger partial charge on any atom is 0.256 e. The minimum absolute atomic E-state index is 0.0381. The lowest BCUT2D eigenvalue weighted by Crippen LogP contribution is -2.49. The molecule has 0 aliphatic carbocycles. The average molecular weight is 606 g/mol. The summed E-state index contributed by atoms with van der Waals surface area (Å²) < 4.78 is 29.8. The van der Waals surface area contributed by atoms with Gasteiger partial charge in [-0.2, -0.15) is 5.10 Å². The average Bonchev–Trinajstić information content (AvgIpc) is 3.56. The molecule has 2 aromatic heterocycles. The lowest BCUT2D eigenvalue weighted by molar-refractivity contribution is -0.129. The molecule has 0 bridgehead atoms. The molecule has 44 heavy (non-hydrogen) atoms.